The van der Waals surface area contributed by atoms with Gasteiger partial charge >= 0.3 is 0 Å². The van der Waals surface area contributed by atoms with Crippen LogP contribution in [0.1, 0.15) is 54.7 Å². The van der Waals surface area contributed by atoms with E-state index in [2.05, 4.69) is 71.8 Å². The van der Waals surface area contributed by atoms with E-state index in [0.717, 1.165) is 57.6 Å². The molecule has 2 atom stereocenters. The van der Waals surface area contributed by atoms with Crippen molar-refractivity contribution in [1.29, 1.82) is 0 Å². The fourth-order valence-electron chi connectivity index (χ4n) is 5.52. The van der Waals surface area contributed by atoms with E-state index in [1.165, 1.54) is 5.56 Å². The zero-order chi connectivity index (χ0) is 23.8. The molecule has 4 nitrogen and oxygen atoms in total. The number of carbonyl (C=O) groups is 1. The molecule has 4 aromatic rings. The quantitative estimate of drug-likeness (QED) is 0.349. The van der Waals surface area contributed by atoms with Crippen molar-refractivity contribution < 1.29 is 9.53 Å². The van der Waals surface area contributed by atoms with Crippen molar-refractivity contribution in [3.63, 3.8) is 0 Å². The van der Waals surface area contributed by atoms with Crippen LogP contribution in [0.15, 0.2) is 96.3 Å². The molecule has 0 saturated carbocycles. The van der Waals surface area contributed by atoms with Gasteiger partial charge < -0.3 is 10.1 Å². The molecule has 0 amide bonds. The number of ether oxygens (including phenoxy) is 1. The van der Waals surface area contributed by atoms with Crippen molar-refractivity contribution in [2.24, 2.45) is 0 Å². The standard InChI is InChI=1S/C31H28N2O2/c1-2-17-35-23-12-10-21(11-13-23)29-25-14-15-26-24(9-6-16-32-26)31(25)33-27-18-22(19-28(34)30(27)29)20-7-4-3-5-8-20/h3-16,22,29,33H,2,17-19H2,1H3. The van der Waals surface area contributed by atoms with Crippen molar-refractivity contribution in [2.45, 2.75) is 38.0 Å². The zero-order valence-electron chi connectivity index (χ0n) is 19.8. The molecule has 1 aromatic heterocycles. The summed E-state index contributed by atoms with van der Waals surface area (Å²) in [6.07, 6.45) is 4.14. The van der Waals surface area contributed by atoms with Crippen LogP contribution in [0, 0.1) is 0 Å². The van der Waals surface area contributed by atoms with Gasteiger partial charge in [0.25, 0.3) is 0 Å². The van der Waals surface area contributed by atoms with E-state index in [1.807, 2.05) is 30.5 Å². The lowest BCUT2D eigenvalue weighted by atomic mass is 9.71. The van der Waals surface area contributed by atoms with Crippen molar-refractivity contribution in [1.82, 2.24) is 4.98 Å². The number of benzene rings is 3. The first-order valence-electron chi connectivity index (χ1n) is 12.4. The lowest BCUT2D eigenvalue weighted by Crippen LogP contribution is -2.29. The number of hydrogen-bond acceptors (Lipinski definition) is 4. The predicted octanol–water partition coefficient (Wildman–Crippen LogP) is 6.98. The van der Waals surface area contributed by atoms with Gasteiger partial charge in [-0.15, -0.1) is 0 Å². The van der Waals surface area contributed by atoms with Crippen LogP contribution in [0.4, 0.5) is 5.69 Å². The molecule has 3 aromatic carbocycles. The molecule has 174 valence electrons. The average molecular weight is 461 g/mol. The molecule has 0 spiro atoms. The Labute approximate surface area is 205 Å². The molecule has 0 bridgehead atoms. The number of Topliss-reactive ketones (excluding diaryl/α,β-unsaturated/α-hetero) is 1. The maximum absolute atomic E-state index is 13.7. The van der Waals surface area contributed by atoms with Gasteiger partial charge in [0, 0.05) is 35.2 Å². The number of allylic oxidation sites excluding steroid dienone is 2. The third-order valence-electron chi connectivity index (χ3n) is 7.16. The number of fused-ring (bicyclic) bond motifs is 3. The number of nitrogens with one attached hydrogen (secondary N) is 1. The Morgan fingerprint density at radius 3 is 2.54 bits per heavy atom. The summed E-state index contributed by atoms with van der Waals surface area (Å²) in [5.74, 6) is 1.15. The molecule has 6 rings (SSSR count). The average Bonchev–Trinajstić information content (AvgIpc) is 2.91. The largest absolute Gasteiger partial charge is 0.494 e. The van der Waals surface area contributed by atoms with Gasteiger partial charge in [-0.05, 0) is 65.8 Å². The Morgan fingerprint density at radius 2 is 1.74 bits per heavy atom. The fourth-order valence-corrected chi connectivity index (χ4v) is 5.52. The molecule has 2 unspecified atom stereocenters. The summed E-state index contributed by atoms with van der Waals surface area (Å²) in [6.45, 7) is 2.80. The summed E-state index contributed by atoms with van der Waals surface area (Å²) >= 11 is 0. The summed E-state index contributed by atoms with van der Waals surface area (Å²) in [5.41, 5.74) is 7.40. The minimum atomic E-state index is -0.115. The number of ketones is 1. The van der Waals surface area contributed by atoms with Crippen LogP contribution in [0.2, 0.25) is 0 Å². The predicted molar refractivity (Wildman–Crippen MR) is 140 cm³/mol. The van der Waals surface area contributed by atoms with Gasteiger partial charge in [-0.1, -0.05) is 55.5 Å². The van der Waals surface area contributed by atoms with Crippen molar-refractivity contribution in [3.05, 3.63) is 113 Å². The van der Waals surface area contributed by atoms with Crippen LogP contribution in [0.25, 0.3) is 10.9 Å². The highest BCUT2D eigenvalue weighted by atomic mass is 16.5. The number of aromatic nitrogens is 1. The molecule has 0 radical (unpaired) electrons. The van der Waals surface area contributed by atoms with Gasteiger partial charge in [0.1, 0.15) is 5.75 Å². The van der Waals surface area contributed by atoms with Crippen LogP contribution in [-0.4, -0.2) is 17.4 Å². The van der Waals surface area contributed by atoms with Gasteiger partial charge in [0.2, 0.25) is 0 Å². The third kappa shape index (κ3) is 3.89. The number of anilines is 1. The Hall–Kier alpha value is -3.92. The smallest absolute Gasteiger partial charge is 0.162 e. The molecule has 0 saturated heterocycles. The van der Waals surface area contributed by atoms with E-state index < -0.39 is 0 Å². The Bertz CT molecular complexity index is 1420. The van der Waals surface area contributed by atoms with Gasteiger partial charge in [-0.3, -0.25) is 9.78 Å². The van der Waals surface area contributed by atoms with Crippen molar-refractivity contribution in [2.75, 3.05) is 11.9 Å². The summed E-state index contributed by atoms with van der Waals surface area (Å²) in [7, 11) is 0. The zero-order valence-corrected chi connectivity index (χ0v) is 19.8. The Kier molecular flexibility index (Phi) is 5.57. The first-order valence-corrected chi connectivity index (χ1v) is 12.4. The summed E-state index contributed by atoms with van der Waals surface area (Å²) in [5, 5.41) is 4.79. The maximum Gasteiger partial charge on any atom is 0.162 e. The van der Waals surface area contributed by atoms with E-state index in [9.17, 15) is 4.79 Å². The topological polar surface area (TPSA) is 51.2 Å². The van der Waals surface area contributed by atoms with E-state index >= 15 is 0 Å². The van der Waals surface area contributed by atoms with Gasteiger partial charge in [-0.2, -0.15) is 0 Å². The van der Waals surface area contributed by atoms with Crippen LogP contribution < -0.4 is 10.1 Å². The lowest BCUT2D eigenvalue weighted by Gasteiger charge is -2.37. The summed E-state index contributed by atoms with van der Waals surface area (Å²) < 4.78 is 5.82. The molecule has 1 aliphatic heterocycles. The normalized spacial score (nSPS) is 19.2. The number of nitrogens with zero attached hydrogens (tertiary/aromatic N) is 1. The highest BCUT2D eigenvalue weighted by Crippen LogP contribution is 2.49. The molecular weight excluding hydrogens is 432 g/mol. The third-order valence-corrected chi connectivity index (χ3v) is 7.16. The molecular formula is C31H28N2O2. The second-order valence-electron chi connectivity index (χ2n) is 9.41. The Morgan fingerprint density at radius 1 is 0.914 bits per heavy atom. The highest BCUT2D eigenvalue weighted by Gasteiger charge is 2.38. The number of carbonyl (C=O) groups excluding carboxylic acids is 1. The fraction of sp³-hybridized carbons (Fsp3) is 0.226. The van der Waals surface area contributed by atoms with Gasteiger partial charge in [-0.25, -0.2) is 0 Å². The first-order chi connectivity index (χ1) is 17.2. The lowest BCUT2D eigenvalue weighted by molar-refractivity contribution is -0.116. The van der Waals surface area contributed by atoms with Crippen molar-refractivity contribution >= 4 is 22.4 Å². The second kappa shape index (κ2) is 9.03. The number of pyridine rings is 1. The minimum absolute atomic E-state index is 0.115. The van der Waals surface area contributed by atoms with Gasteiger partial charge in [0.15, 0.2) is 5.78 Å². The molecule has 2 heterocycles. The number of rotatable bonds is 5. The summed E-state index contributed by atoms with van der Waals surface area (Å²) in [6, 6.07) is 26.9. The van der Waals surface area contributed by atoms with E-state index in [-0.39, 0.29) is 17.6 Å². The van der Waals surface area contributed by atoms with Crippen LogP contribution in [0.5, 0.6) is 5.75 Å². The number of hydrogen-bond donors (Lipinski definition) is 1. The van der Waals surface area contributed by atoms with E-state index in [0.29, 0.717) is 13.0 Å². The molecule has 35 heavy (non-hydrogen) atoms. The van der Waals surface area contributed by atoms with Crippen LogP contribution in [-0.2, 0) is 4.79 Å². The molecule has 1 aliphatic carbocycles. The molecule has 4 heteroatoms. The molecule has 0 fully saturated rings. The van der Waals surface area contributed by atoms with E-state index in [4.69, 9.17) is 4.74 Å². The van der Waals surface area contributed by atoms with E-state index in [1.54, 1.807) is 0 Å². The van der Waals surface area contributed by atoms with Crippen LogP contribution >= 0.6 is 0 Å². The SMILES string of the molecule is CCCOc1ccc(C2C3=C(CC(c4ccccc4)CC3=O)Nc3c2ccc2ncccc32)cc1. The highest BCUT2D eigenvalue weighted by molar-refractivity contribution is 6.04. The first kappa shape index (κ1) is 21.6. The Balaban J connectivity index is 1.48. The summed E-state index contributed by atoms with van der Waals surface area (Å²) in [4.78, 5) is 18.3. The minimum Gasteiger partial charge on any atom is -0.494 e. The maximum atomic E-state index is 13.7. The molecule has 2 aliphatic rings. The molecule has 1 N–H and O–H groups in total. The van der Waals surface area contributed by atoms with Crippen LogP contribution in [0.3, 0.4) is 0 Å². The monoisotopic (exact) mass is 460 g/mol. The van der Waals surface area contributed by atoms with Crippen molar-refractivity contribution in [3.8, 4) is 5.75 Å². The second-order valence-corrected chi connectivity index (χ2v) is 9.41. The van der Waals surface area contributed by atoms with Gasteiger partial charge in [0.05, 0.1) is 17.8 Å².